The molecule has 0 unspecified atom stereocenters. The van der Waals surface area contributed by atoms with Crippen LogP contribution in [0.4, 0.5) is 0 Å². The van der Waals surface area contributed by atoms with Gasteiger partial charge in [-0.2, -0.15) is 5.10 Å². The van der Waals surface area contributed by atoms with E-state index in [0.717, 1.165) is 22.6 Å². The summed E-state index contributed by atoms with van der Waals surface area (Å²) >= 11 is 5.95. The number of ether oxygens (including phenoxy) is 1. The average molecular weight is 419 g/mol. The molecule has 7 heteroatoms. The van der Waals surface area contributed by atoms with E-state index in [-0.39, 0.29) is 5.78 Å². The number of nitrogens with zero attached hydrogens (tertiary/aromatic N) is 4. The van der Waals surface area contributed by atoms with Crippen molar-refractivity contribution in [1.82, 2.24) is 19.3 Å². The van der Waals surface area contributed by atoms with Crippen molar-refractivity contribution in [3.8, 4) is 11.4 Å². The van der Waals surface area contributed by atoms with Crippen molar-refractivity contribution in [2.24, 2.45) is 0 Å². The molecule has 0 atom stereocenters. The number of imidazole rings is 1. The molecule has 0 aliphatic heterocycles. The molecule has 2 heterocycles. The summed E-state index contributed by atoms with van der Waals surface area (Å²) in [6, 6.07) is 13.2. The number of benzene rings is 2. The SMILES string of the molecule is COc1ccc(/C=C/C(=O)c2ccc(-n3ccnc3)cc2)cc1Cn1cc(Cl)cn1. The van der Waals surface area contributed by atoms with Gasteiger partial charge in [0.2, 0.25) is 0 Å². The average Bonchev–Trinajstić information content (AvgIpc) is 3.44. The Balaban J connectivity index is 1.50. The van der Waals surface area contributed by atoms with Crippen LogP contribution in [0.25, 0.3) is 11.8 Å². The van der Waals surface area contributed by atoms with Gasteiger partial charge >= 0.3 is 0 Å². The highest BCUT2D eigenvalue weighted by Gasteiger charge is 2.07. The Hall–Kier alpha value is -3.64. The van der Waals surface area contributed by atoms with E-state index in [1.165, 1.54) is 0 Å². The van der Waals surface area contributed by atoms with Gasteiger partial charge in [0.15, 0.2) is 5.78 Å². The number of carbonyl (C=O) groups is 1. The molecule has 0 radical (unpaired) electrons. The van der Waals surface area contributed by atoms with Crippen molar-refractivity contribution in [2.75, 3.05) is 7.11 Å². The molecule has 0 saturated carbocycles. The lowest BCUT2D eigenvalue weighted by molar-refractivity contribution is 0.104. The van der Waals surface area contributed by atoms with Crippen LogP contribution in [0.1, 0.15) is 21.5 Å². The molecular weight excluding hydrogens is 400 g/mol. The summed E-state index contributed by atoms with van der Waals surface area (Å²) in [6.45, 7) is 0.515. The molecule has 0 aliphatic rings. The van der Waals surface area contributed by atoms with Gasteiger partial charge in [-0.1, -0.05) is 23.7 Å². The molecule has 150 valence electrons. The number of carbonyl (C=O) groups excluding carboxylic acids is 1. The van der Waals surface area contributed by atoms with E-state index < -0.39 is 0 Å². The van der Waals surface area contributed by atoms with Gasteiger partial charge in [-0.3, -0.25) is 9.48 Å². The number of methoxy groups -OCH3 is 1. The Morgan fingerprint density at radius 3 is 2.70 bits per heavy atom. The van der Waals surface area contributed by atoms with Gasteiger partial charge in [-0.05, 0) is 48.0 Å². The molecule has 0 spiro atoms. The zero-order valence-electron chi connectivity index (χ0n) is 16.3. The predicted octanol–water partition coefficient (Wildman–Crippen LogP) is 4.68. The smallest absolute Gasteiger partial charge is 0.185 e. The third kappa shape index (κ3) is 4.50. The Labute approximate surface area is 179 Å². The number of hydrogen-bond acceptors (Lipinski definition) is 4. The lowest BCUT2D eigenvalue weighted by Gasteiger charge is -2.09. The minimum atomic E-state index is -0.0663. The fourth-order valence-corrected chi connectivity index (χ4v) is 3.26. The summed E-state index contributed by atoms with van der Waals surface area (Å²) in [4.78, 5) is 16.6. The predicted molar refractivity (Wildman–Crippen MR) is 116 cm³/mol. The van der Waals surface area contributed by atoms with Crippen molar-refractivity contribution in [1.29, 1.82) is 0 Å². The second kappa shape index (κ2) is 8.80. The highest BCUT2D eigenvalue weighted by atomic mass is 35.5. The summed E-state index contributed by atoms with van der Waals surface area (Å²) in [5.41, 5.74) is 3.41. The maximum absolute atomic E-state index is 12.6. The van der Waals surface area contributed by atoms with Gasteiger partial charge in [0.25, 0.3) is 0 Å². The second-order valence-corrected chi connectivity index (χ2v) is 7.08. The van der Waals surface area contributed by atoms with Crippen molar-refractivity contribution in [2.45, 2.75) is 6.54 Å². The molecule has 6 nitrogen and oxygen atoms in total. The van der Waals surface area contributed by atoms with Crippen LogP contribution < -0.4 is 4.74 Å². The van der Waals surface area contributed by atoms with E-state index in [2.05, 4.69) is 10.1 Å². The molecule has 2 aromatic carbocycles. The molecule has 0 bridgehead atoms. The first-order valence-electron chi connectivity index (χ1n) is 9.28. The Morgan fingerprint density at radius 2 is 2.03 bits per heavy atom. The zero-order chi connectivity index (χ0) is 20.9. The third-order valence-electron chi connectivity index (χ3n) is 4.62. The number of allylic oxidation sites excluding steroid dienone is 1. The summed E-state index contributed by atoms with van der Waals surface area (Å²) < 4.78 is 9.07. The van der Waals surface area contributed by atoms with Gasteiger partial charge in [0, 0.05) is 35.4 Å². The number of ketones is 1. The van der Waals surface area contributed by atoms with E-state index in [0.29, 0.717) is 17.1 Å². The summed E-state index contributed by atoms with van der Waals surface area (Å²) in [6.07, 6.45) is 12.0. The third-order valence-corrected chi connectivity index (χ3v) is 4.82. The number of hydrogen-bond donors (Lipinski definition) is 0. The van der Waals surface area contributed by atoms with Gasteiger partial charge in [-0.15, -0.1) is 0 Å². The van der Waals surface area contributed by atoms with Crippen molar-refractivity contribution < 1.29 is 9.53 Å². The molecule has 4 rings (SSSR count). The van der Waals surface area contributed by atoms with E-state index in [9.17, 15) is 4.79 Å². The van der Waals surface area contributed by atoms with Crippen LogP contribution in [-0.2, 0) is 6.54 Å². The van der Waals surface area contributed by atoms with Crippen LogP contribution >= 0.6 is 11.6 Å². The monoisotopic (exact) mass is 418 g/mol. The number of halogens is 1. The van der Waals surface area contributed by atoms with E-state index in [1.807, 2.05) is 53.2 Å². The van der Waals surface area contributed by atoms with Gasteiger partial charge in [-0.25, -0.2) is 4.98 Å². The second-order valence-electron chi connectivity index (χ2n) is 6.64. The van der Waals surface area contributed by atoms with Crippen LogP contribution in [0.2, 0.25) is 5.02 Å². The number of aromatic nitrogens is 4. The topological polar surface area (TPSA) is 61.9 Å². The van der Waals surface area contributed by atoms with Crippen LogP contribution in [0.5, 0.6) is 5.75 Å². The van der Waals surface area contributed by atoms with E-state index >= 15 is 0 Å². The van der Waals surface area contributed by atoms with Gasteiger partial charge in [0.1, 0.15) is 5.75 Å². The molecule has 4 aromatic rings. The first kappa shape index (κ1) is 19.7. The van der Waals surface area contributed by atoms with Crippen LogP contribution in [0.3, 0.4) is 0 Å². The minimum Gasteiger partial charge on any atom is -0.496 e. The zero-order valence-corrected chi connectivity index (χ0v) is 17.0. The van der Waals surface area contributed by atoms with Crippen LogP contribution in [-0.4, -0.2) is 32.2 Å². The lowest BCUT2D eigenvalue weighted by Crippen LogP contribution is -2.02. The molecule has 0 fully saturated rings. The highest BCUT2D eigenvalue weighted by molar-refractivity contribution is 6.30. The van der Waals surface area contributed by atoms with Crippen LogP contribution in [0.15, 0.2) is 79.7 Å². The molecule has 30 heavy (non-hydrogen) atoms. The quantitative estimate of drug-likeness (QED) is 0.323. The van der Waals surface area contributed by atoms with Crippen molar-refractivity contribution in [3.63, 3.8) is 0 Å². The summed E-state index contributed by atoms with van der Waals surface area (Å²) in [7, 11) is 1.63. The molecule has 0 N–H and O–H groups in total. The molecule has 0 amide bonds. The largest absolute Gasteiger partial charge is 0.496 e. The number of rotatable bonds is 7. The fourth-order valence-electron chi connectivity index (χ4n) is 3.10. The Bertz CT molecular complexity index is 1180. The van der Waals surface area contributed by atoms with Crippen LogP contribution in [0, 0.1) is 0 Å². The molecule has 2 aromatic heterocycles. The summed E-state index contributed by atoms with van der Waals surface area (Å²) in [5.74, 6) is 0.684. The highest BCUT2D eigenvalue weighted by Crippen LogP contribution is 2.22. The first-order chi connectivity index (χ1) is 14.6. The maximum atomic E-state index is 12.6. The lowest BCUT2D eigenvalue weighted by atomic mass is 10.1. The normalized spacial score (nSPS) is 11.1. The molecule has 0 saturated heterocycles. The van der Waals surface area contributed by atoms with Gasteiger partial charge < -0.3 is 9.30 Å². The van der Waals surface area contributed by atoms with Crippen molar-refractivity contribution in [3.05, 3.63) is 101 Å². The van der Waals surface area contributed by atoms with Gasteiger partial charge in [0.05, 0.1) is 31.2 Å². The standard InChI is InChI=1S/C23H19ClN4O2/c1-30-23-9-3-17(12-19(23)14-28-15-20(24)13-26-28)2-8-22(29)18-4-6-21(7-5-18)27-11-10-25-16-27/h2-13,15-16H,14H2,1H3/b8-2+. The van der Waals surface area contributed by atoms with E-state index in [4.69, 9.17) is 16.3 Å². The molecular formula is C23H19ClN4O2. The summed E-state index contributed by atoms with van der Waals surface area (Å²) in [5, 5.41) is 4.79. The fraction of sp³-hybridized carbons (Fsp3) is 0.0870. The Morgan fingerprint density at radius 1 is 1.20 bits per heavy atom. The Kier molecular flexibility index (Phi) is 5.77. The van der Waals surface area contributed by atoms with E-state index in [1.54, 1.807) is 48.9 Å². The first-order valence-corrected chi connectivity index (χ1v) is 9.66. The molecule has 0 aliphatic carbocycles. The maximum Gasteiger partial charge on any atom is 0.185 e. The minimum absolute atomic E-state index is 0.0663. The van der Waals surface area contributed by atoms with Crippen molar-refractivity contribution >= 4 is 23.5 Å².